The van der Waals surface area contributed by atoms with E-state index in [0.717, 1.165) is 0 Å². The van der Waals surface area contributed by atoms with Gasteiger partial charge < -0.3 is 18.6 Å². The second kappa shape index (κ2) is 10.0. The molecule has 0 spiro atoms. The van der Waals surface area contributed by atoms with Crippen LogP contribution in [-0.4, -0.2) is 50.4 Å². The summed E-state index contributed by atoms with van der Waals surface area (Å²) >= 11 is 0. The summed E-state index contributed by atoms with van der Waals surface area (Å²) in [6, 6.07) is 0. The van der Waals surface area contributed by atoms with Gasteiger partial charge in [0.1, 0.15) is 5.60 Å². The minimum atomic E-state index is -3.73. The lowest BCUT2D eigenvalue weighted by Crippen LogP contribution is -2.35. The number of hydrogen-bond acceptors (Lipinski definition) is 8. The van der Waals surface area contributed by atoms with E-state index in [4.69, 9.17) is 18.6 Å². The Morgan fingerprint density at radius 3 is 2.09 bits per heavy atom. The predicted molar refractivity (Wildman–Crippen MR) is 88.6 cm³/mol. The second-order valence-electron chi connectivity index (χ2n) is 5.55. The molecule has 0 aliphatic carbocycles. The third-order valence-electron chi connectivity index (χ3n) is 2.52. The van der Waals surface area contributed by atoms with Crippen molar-refractivity contribution in [2.45, 2.75) is 52.3 Å². The first-order valence-electron chi connectivity index (χ1n) is 7.54. The third kappa shape index (κ3) is 7.92. The minimum absolute atomic E-state index is 0.0659. The SMILES string of the molecule is CCOP(=O)(OCC)C(CC(=NC)ONC)C(=O)OC(C)(C)C. The number of carbonyl (C=O) groups excluding carboxylic acids is 1. The fraction of sp³-hybridized carbons (Fsp3) is 0.857. The molecule has 9 heteroatoms. The molecule has 136 valence electrons. The Kier molecular flexibility index (Phi) is 9.61. The Bertz CT molecular complexity index is 437. The monoisotopic (exact) mass is 352 g/mol. The number of hydroxylamine groups is 1. The van der Waals surface area contributed by atoms with Gasteiger partial charge in [0.05, 0.1) is 19.6 Å². The molecule has 0 aliphatic heterocycles. The quantitative estimate of drug-likeness (QED) is 0.224. The van der Waals surface area contributed by atoms with Crippen LogP contribution in [0.25, 0.3) is 0 Å². The van der Waals surface area contributed by atoms with Crippen molar-refractivity contribution in [2.24, 2.45) is 4.99 Å². The van der Waals surface area contributed by atoms with Crippen LogP contribution in [0, 0.1) is 0 Å². The Morgan fingerprint density at radius 2 is 1.74 bits per heavy atom. The largest absolute Gasteiger partial charge is 0.459 e. The fourth-order valence-corrected chi connectivity index (χ4v) is 3.58. The van der Waals surface area contributed by atoms with Gasteiger partial charge in [0.15, 0.2) is 5.66 Å². The van der Waals surface area contributed by atoms with Crippen LogP contribution < -0.4 is 5.48 Å². The van der Waals surface area contributed by atoms with E-state index in [9.17, 15) is 9.36 Å². The van der Waals surface area contributed by atoms with Crippen molar-refractivity contribution in [2.75, 3.05) is 27.3 Å². The number of nitrogens with zero attached hydrogens (tertiary/aromatic N) is 1. The molecule has 23 heavy (non-hydrogen) atoms. The molecule has 0 aromatic rings. The highest BCUT2D eigenvalue weighted by Gasteiger charge is 2.44. The zero-order valence-electron chi connectivity index (χ0n) is 15.0. The molecular formula is C14H29N2O6P. The van der Waals surface area contributed by atoms with Crippen LogP contribution >= 0.6 is 7.60 Å². The van der Waals surface area contributed by atoms with Crippen molar-refractivity contribution in [1.82, 2.24) is 5.48 Å². The average Bonchev–Trinajstić information content (AvgIpc) is 2.41. The molecule has 0 saturated carbocycles. The minimum Gasteiger partial charge on any atom is -0.459 e. The molecule has 0 aromatic heterocycles. The van der Waals surface area contributed by atoms with E-state index in [1.807, 2.05) is 0 Å². The number of hydrogen-bond donors (Lipinski definition) is 1. The van der Waals surface area contributed by atoms with E-state index in [-0.39, 0.29) is 25.5 Å². The molecule has 1 atom stereocenters. The predicted octanol–water partition coefficient (Wildman–Crippen LogP) is 2.53. The number of rotatable bonds is 9. The van der Waals surface area contributed by atoms with E-state index in [0.29, 0.717) is 0 Å². The topological polar surface area (TPSA) is 95.5 Å². The van der Waals surface area contributed by atoms with Crippen LogP contribution in [-0.2, 0) is 28.0 Å². The Morgan fingerprint density at radius 1 is 1.22 bits per heavy atom. The van der Waals surface area contributed by atoms with Crippen molar-refractivity contribution in [1.29, 1.82) is 0 Å². The molecule has 0 aliphatic rings. The zero-order chi connectivity index (χ0) is 18.1. The smallest absolute Gasteiger partial charge is 0.345 e. The van der Waals surface area contributed by atoms with E-state index < -0.39 is 24.8 Å². The molecule has 1 N–H and O–H groups in total. The van der Waals surface area contributed by atoms with Crippen LogP contribution in [0.1, 0.15) is 41.0 Å². The zero-order valence-corrected chi connectivity index (χ0v) is 15.9. The standard InChI is InChI=1S/C14H29N2O6P/c1-8-19-23(18,20-9-2)11(10-12(15-6)22-16-7)13(17)21-14(3,4)5/h11,16H,8-10H2,1-7H3. The van der Waals surface area contributed by atoms with Crippen LogP contribution in [0.5, 0.6) is 0 Å². The van der Waals surface area contributed by atoms with Crippen molar-refractivity contribution < 1.29 is 28.0 Å². The van der Waals surface area contributed by atoms with Gasteiger partial charge >= 0.3 is 13.6 Å². The van der Waals surface area contributed by atoms with Crippen molar-refractivity contribution in [3.05, 3.63) is 0 Å². The molecule has 0 amide bonds. The molecule has 0 aromatic carbocycles. The lowest BCUT2D eigenvalue weighted by atomic mass is 10.2. The average molecular weight is 352 g/mol. The summed E-state index contributed by atoms with van der Waals surface area (Å²) in [6.45, 7) is 8.82. The maximum absolute atomic E-state index is 13.0. The molecule has 0 bridgehead atoms. The summed E-state index contributed by atoms with van der Waals surface area (Å²) in [5.74, 6) is -0.480. The normalized spacial score (nSPS) is 14.5. The molecule has 0 rings (SSSR count). The summed E-state index contributed by atoms with van der Waals surface area (Å²) in [6.07, 6.45) is -0.0659. The van der Waals surface area contributed by atoms with E-state index in [1.54, 1.807) is 41.7 Å². The number of esters is 1. The van der Waals surface area contributed by atoms with Crippen molar-refractivity contribution >= 4 is 19.5 Å². The van der Waals surface area contributed by atoms with E-state index >= 15 is 0 Å². The molecule has 0 radical (unpaired) electrons. The number of aliphatic imine (C=N–C) groups is 1. The summed E-state index contributed by atoms with van der Waals surface area (Å²) in [4.78, 5) is 21.6. The highest BCUT2D eigenvalue weighted by atomic mass is 31.2. The summed E-state index contributed by atoms with van der Waals surface area (Å²) in [5, 5.41) is 0. The van der Waals surface area contributed by atoms with Crippen LogP contribution in [0.2, 0.25) is 0 Å². The fourth-order valence-electron chi connectivity index (χ4n) is 1.73. The van der Waals surface area contributed by atoms with Gasteiger partial charge in [-0.2, -0.15) is 5.48 Å². The molecule has 0 heterocycles. The number of carbonyl (C=O) groups is 1. The Labute approximate surface area is 138 Å². The molecule has 0 fully saturated rings. The number of ether oxygens (including phenoxy) is 1. The van der Waals surface area contributed by atoms with Crippen LogP contribution in [0.15, 0.2) is 4.99 Å². The lowest BCUT2D eigenvalue weighted by Gasteiger charge is -2.28. The van der Waals surface area contributed by atoms with Gasteiger partial charge in [-0.3, -0.25) is 14.4 Å². The van der Waals surface area contributed by atoms with E-state index in [1.165, 1.54) is 7.05 Å². The van der Waals surface area contributed by atoms with Gasteiger partial charge in [-0.1, -0.05) is 0 Å². The number of nitrogens with one attached hydrogen (secondary N) is 1. The molecular weight excluding hydrogens is 323 g/mol. The maximum Gasteiger partial charge on any atom is 0.345 e. The Balaban J connectivity index is 5.58. The van der Waals surface area contributed by atoms with Crippen LogP contribution in [0.3, 0.4) is 0 Å². The lowest BCUT2D eigenvalue weighted by molar-refractivity contribution is -0.154. The van der Waals surface area contributed by atoms with Gasteiger partial charge in [-0.15, -0.1) is 0 Å². The first kappa shape index (κ1) is 22.1. The maximum atomic E-state index is 13.0. The summed E-state index contributed by atoms with van der Waals surface area (Å²) < 4.78 is 29.0. The third-order valence-corrected chi connectivity index (χ3v) is 4.91. The van der Waals surface area contributed by atoms with Gasteiger partial charge in [0.2, 0.25) is 5.90 Å². The van der Waals surface area contributed by atoms with Gasteiger partial charge in [-0.05, 0) is 34.6 Å². The van der Waals surface area contributed by atoms with Crippen molar-refractivity contribution in [3.63, 3.8) is 0 Å². The highest BCUT2D eigenvalue weighted by molar-refractivity contribution is 7.55. The molecule has 1 unspecified atom stereocenters. The van der Waals surface area contributed by atoms with Gasteiger partial charge in [-0.25, -0.2) is 0 Å². The Hall–Kier alpha value is -0.950. The summed E-state index contributed by atoms with van der Waals surface area (Å²) in [7, 11) is -0.667. The highest BCUT2D eigenvalue weighted by Crippen LogP contribution is 2.55. The summed E-state index contributed by atoms with van der Waals surface area (Å²) in [5.41, 5.74) is 0.584. The first-order chi connectivity index (χ1) is 10.6. The second-order valence-corrected chi connectivity index (χ2v) is 7.77. The van der Waals surface area contributed by atoms with Crippen LogP contribution in [0.4, 0.5) is 0 Å². The molecule has 0 saturated heterocycles. The first-order valence-corrected chi connectivity index (χ1v) is 9.15. The van der Waals surface area contributed by atoms with E-state index in [2.05, 4.69) is 10.5 Å². The van der Waals surface area contributed by atoms with Gasteiger partial charge in [0.25, 0.3) is 0 Å². The van der Waals surface area contributed by atoms with Crippen molar-refractivity contribution in [3.8, 4) is 0 Å². The molecule has 8 nitrogen and oxygen atoms in total. The van der Waals surface area contributed by atoms with Gasteiger partial charge in [0, 0.05) is 14.1 Å².